The molecule has 0 bridgehead atoms. The summed E-state index contributed by atoms with van der Waals surface area (Å²) in [7, 11) is 1.75. The van der Waals surface area contributed by atoms with E-state index in [1.807, 2.05) is 4.90 Å². The molecular weight excluding hydrogens is 244 g/mol. The van der Waals surface area contributed by atoms with Crippen LogP contribution in [0.15, 0.2) is 0 Å². The van der Waals surface area contributed by atoms with Gasteiger partial charge in [0.1, 0.15) is 0 Å². The number of amides is 2. The Balaban J connectivity index is 2.41. The van der Waals surface area contributed by atoms with Crippen LogP contribution in [-0.4, -0.2) is 53.6 Å². The number of carboxylic acid groups (broad SMARTS) is 1. The highest BCUT2D eigenvalue weighted by Gasteiger charge is 2.26. The number of rotatable bonds is 4. The minimum Gasteiger partial charge on any atom is -0.481 e. The zero-order valence-electron chi connectivity index (χ0n) is 12.3. The lowest BCUT2D eigenvalue weighted by molar-refractivity contribution is -0.137. The van der Waals surface area contributed by atoms with Crippen molar-refractivity contribution < 1.29 is 14.7 Å². The molecule has 5 nitrogen and oxygen atoms in total. The highest BCUT2D eigenvalue weighted by Crippen LogP contribution is 2.29. The van der Waals surface area contributed by atoms with E-state index >= 15 is 0 Å². The van der Waals surface area contributed by atoms with Crippen molar-refractivity contribution in [3.05, 3.63) is 0 Å². The molecule has 19 heavy (non-hydrogen) atoms. The van der Waals surface area contributed by atoms with Gasteiger partial charge in [0.15, 0.2) is 0 Å². The molecule has 0 radical (unpaired) electrons. The Morgan fingerprint density at radius 2 is 1.95 bits per heavy atom. The quantitative estimate of drug-likeness (QED) is 0.853. The van der Waals surface area contributed by atoms with Crippen LogP contribution < -0.4 is 0 Å². The first kappa shape index (κ1) is 15.8. The zero-order chi connectivity index (χ0) is 14.5. The van der Waals surface area contributed by atoms with E-state index in [9.17, 15) is 9.59 Å². The third kappa shape index (κ3) is 5.49. The van der Waals surface area contributed by atoms with Gasteiger partial charge >= 0.3 is 12.0 Å². The summed E-state index contributed by atoms with van der Waals surface area (Å²) in [5, 5.41) is 8.59. The van der Waals surface area contributed by atoms with Crippen molar-refractivity contribution in [1.82, 2.24) is 9.80 Å². The van der Waals surface area contributed by atoms with Gasteiger partial charge < -0.3 is 14.9 Å². The predicted octanol–water partition coefficient (Wildman–Crippen LogP) is 2.42. The van der Waals surface area contributed by atoms with Gasteiger partial charge in [-0.15, -0.1) is 0 Å². The lowest BCUT2D eigenvalue weighted by atomic mass is 9.85. The summed E-state index contributed by atoms with van der Waals surface area (Å²) in [5.74, 6) is -0.808. The van der Waals surface area contributed by atoms with Crippen LogP contribution in [0.2, 0.25) is 0 Å². The maximum atomic E-state index is 12.2. The first-order chi connectivity index (χ1) is 8.82. The minimum absolute atomic E-state index is 0.0306. The Hall–Kier alpha value is -1.26. The summed E-state index contributed by atoms with van der Waals surface area (Å²) in [5.41, 5.74) is 0.316. The molecule has 1 heterocycles. The van der Waals surface area contributed by atoms with Crippen molar-refractivity contribution in [3.63, 3.8) is 0 Å². The smallest absolute Gasteiger partial charge is 0.319 e. The summed E-state index contributed by atoms with van der Waals surface area (Å²) in [4.78, 5) is 26.2. The molecule has 110 valence electrons. The fraction of sp³-hybridized carbons (Fsp3) is 0.857. The number of carbonyl (C=O) groups excluding carboxylic acids is 1. The molecule has 1 aliphatic rings. The first-order valence-corrected chi connectivity index (χ1v) is 7.04. The van der Waals surface area contributed by atoms with Crippen LogP contribution in [0.1, 0.15) is 46.0 Å². The normalized spacial score (nSPS) is 18.8. The topological polar surface area (TPSA) is 60.9 Å². The molecule has 1 N–H and O–H groups in total. The summed E-state index contributed by atoms with van der Waals surface area (Å²) < 4.78 is 0. The third-order valence-electron chi connectivity index (χ3n) is 3.82. The Morgan fingerprint density at radius 3 is 2.58 bits per heavy atom. The molecule has 0 atom stereocenters. The Kier molecular flexibility index (Phi) is 5.63. The fourth-order valence-electron chi connectivity index (χ4n) is 2.42. The lowest BCUT2D eigenvalue weighted by Crippen LogP contribution is -2.42. The number of urea groups is 1. The predicted molar refractivity (Wildman–Crippen MR) is 74.1 cm³/mol. The van der Waals surface area contributed by atoms with Gasteiger partial charge in [-0.3, -0.25) is 4.79 Å². The molecular formula is C14H26N2O3. The molecule has 0 aromatic heterocycles. The van der Waals surface area contributed by atoms with E-state index in [1.54, 1.807) is 11.9 Å². The van der Waals surface area contributed by atoms with Gasteiger partial charge in [-0.25, -0.2) is 4.79 Å². The third-order valence-corrected chi connectivity index (χ3v) is 3.82. The average Bonchev–Trinajstić information content (AvgIpc) is 2.48. The number of hydrogen-bond donors (Lipinski definition) is 1. The number of carbonyl (C=O) groups is 2. The average molecular weight is 270 g/mol. The number of nitrogens with zero attached hydrogens (tertiary/aromatic N) is 2. The molecule has 0 aliphatic carbocycles. The van der Waals surface area contributed by atoms with Gasteiger partial charge in [-0.05, 0) is 31.1 Å². The Bertz CT molecular complexity index is 329. The molecule has 0 saturated carbocycles. The lowest BCUT2D eigenvalue weighted by Gasteiger charge is -2.28. The van der Waals surface area contributed by atoms with E-state index in [4.69, 9.17) is 5.11 Å². The van der Waals surface area contributed by atoms with Crippen molar-refractivity contribution in [2.24, 2.45) is 5.41 Å². The summed E-state index contributed by atoms with van der Waals surface area (Å²) in [6, 6.07) is 0.0306. The van der Waals surface area contributed by atoms with E-state index in [0.717, 1.165) is 32.4 Å². The van der Waals surface area contributed by atoms with Crippen LogP contribution >= 0.6 is 0 Å². The van der Waals surface area contributed by atoms with Crippen LogP contribution in [0, 0.1) is 5.41 Å². The maximum Gasteiger partial charge on any atom is 0.319 e. The second-order valence-corrected chi connectivity index (χ2v) is 6.21. The molecule has 1 rings (SSSR count). The molecule has 5 heteroatoms. The minimum atomic E-state index is -0.808. The van der Waals surface area contributed by atoms with Gasteiger partial charge in [0, 0.05) is 33.1 Å². The van der Waals surface area contributed by atoms with Crippen LogP contribution in [-0.2, 0) is 4.79 Å². The van der Waals surface area contributed by atoms with Crippen LogP contribution in [0.5, 0.6) is 0 Å². The Morgan fingerprint density at radius 1 is 1.26 bits per heavy atom. The first-order valence-electron chi connectivity index (χ1n) is 7.04. The summed E-state index contributed by atoms with van der Waals surface area (Å²) >= 11 is 0. The standard InChI is InChI=1S/C14H26N2O3/c1-14(2)7-5-10-16(11-8-14)13(19)15(3)9-4-6-12(17)18/h4-11H2,1-3H3,(H,17,18). The van der Waals surface area contributed by atoms with Gasteiger partial charge in [0.05, 0.1) is 0 Å². The fourth-order valence-corrected chi connectivity index (χ4v) is 2.42. The summed E-state index contributed by atoms with van der Waals surface area (Å²) in [6.45, 7) is 6.61. The zero-order valence-corrected chi connectivity index (χ0v) is 12.3. The van der Waals surface area contributed by atoms with E-state index in [-0.39, 0.29) is 12.5 Å². The van der Waals surface area contributed by atoms with Gasteiger partial charge in [0.25, 0.3) is 0 Å². The second kappa shape index (κ2) is 6.78. The van der Waals surface area contributed by atoms with Crippen LogP contribution in [0.25, 0.3) is 0 Å². The summed E-state index contributed by atoms with van der Waals surface area (Å²) in [6.07, 6.45) is 3.85. The largest absolute Gasteiger partial charge is 0.481 e. The number of carboxylic acids is 1. The van der Waals surface area contributed by atoms with E-state index in [0.29, 0.717) is 18.4 Å². The van der Waals surface area contributed by atoms with Crippen molar-refractivity contribution >= 4 is 12.0 Å². The van der Waals surface area contributed by atoms with Crippen molar-refractivity contribution in [3.8, 4) is 0 Å². The highest BCUT2D eigenvalue weighted by atomic mass is 16.4. The molecule has 1 saturated heterocycles. The molecule has 0 unspecified atom stereocenters. The van der Waals surface area contributed by atoms with Crippen LogP contribution in [0.4, 0.5) is 4.79 Å². The van der Waals surface area contributed by atoms with Crippen molar-refractivity contribution in [1.29, 1.82) is 0 Å². The number of likely N-dealkylation sites (tertiary alicyclic amines) is 1. The molecule has 0 spiro atoms. The number of aliphatic carboxylic acids is 1. The van der Waals surface area contributed by atoms with Gasteiger partial charge in [0.2, 0.25) is 0 Å². The maximum absolute atomic E-state index is 12.2. The number of hydrogen-bond acceptors (Lipinski definition) is 2. The van der Waals surface area contributed by atoms with Crippen LogP contribution in [0.3, 0.4) is 0 Å². The van der Waals surface area contributed by atoms with E-state index in [1.165, 1.54) is 0 Å². The molecule has 1 fully saturated rings. The molecule has 0 aromatic carbocycles. The monoisotopic (exact) mass is 270 g/mol. The highest BCUT2D eigenvalue weighted by molar-refractivity contribution is 5.74. The van der Waals surface area contributed by atoms with E-state index < -0.39 is 5.97 Å². The molecule has 1 aliphatic heterocycles. The molecule has 2 amide bonds. The van der Waals surface area contributed by atoms with Crippen molar-refractivity contribution in [2.45, 2.75) is 46.0 Å². The second-order valence-electron chi connectivity index (χ2n) is 6.21. The van der Waals surface area contributed by atoms with Gasteiger partial charge in [-0.2, -0.15) is 0 Å². The SMILES string of the molecule is CN(CCCC(=O)O)C(=O)N1CCCC(C)(C)CC1. The molecule has 0 aromatic rings. The van der Waals surface area contributed by atoms with Crippen molar-refractivity contribution in [2.75, 3.05) is 26.7 Å². The van der Waals surface area contributed by atoms with Gasteiger partial charge in [-0.1, -0.05) is 13.8 Å². The van der Waals surface area contributed by atoms with E-state index in [2.05, 4.69) is 13.8 Å². The Labute approximate surface area is 115 Å².